The number of unbranched alkanes of at least 4 members (excludes halogenated alkanes) is 1. The van der Waals surface area contributed by atoms with Crippen LogP contribution in [0, 0.1) is 6.92 Å². The van der Waals surface area contributed by atoms with Crippen LogP contribution in [0.3, 0.4) is 0 Å². The first-order valence-corrected chi connectivity index (χ1v) is 9.91. The van der Waals surface area contributed by atoms with E-state index >= 15 is 0 Å². The summed E-state index contributed by atoms with van der Waals surface area (Å²) in [6.45, 7) is 4.86. The second kappa shape index (κ2) is 9.25. The van der Waals surface area contributed by atoms with Crippen molar-refractivity contribution in [3.8, 4) is 0 Å². The molecule has 0 aliphatic rings. The molecule has 0 saturated carbocycles. The van der Waals surface area contributed by atoms with E-state index in [2.05, 4.69) is 22.4 Å². The zero-order valence-corrected chi connectivity index (χ0v) is 16.4. The number of rotatable bonds is 8. The Morgan fingerprint density at radius 3 is 2.96 bits per heavy atom. The van der Waals surface area contributed by atoms with E-state index < -0.39 is 0 Å². The van der Waals surface area contributed by atoms with E-state index in [1.165, 1.54) is 23.1 Å². The molecule has 1 aromatic carbocycles. The van der Waals surface area contributed by atoms with E-state index in [4.69, 9.17) is 11.6 Å². The topological polar surface area (TPSA) is 58.1 Å². The molecule has 0 fully saturated rings. The van der Waals surface area contributed by atoms with Gasteiger partial charge in [-0.25, -0.2) is 0 Å². The van der Waals surface area contributed by atoms with Gasteiger partial charge in [-0.15, -0.1) is 10.2 Å². The predicted molar refractivity (Wildman–Crippen MR) is 103 cm³/mol. The number of nitrogens with zero attached hydrogens (tertiary/aromatic N) is 3. The summed E-state index contributed by atoms with van der Waals surface area (Å²) in [5.74, 6) is 0.495. The van der Waals surface area contributed by atoms with Gasteiger partial charge in [-0.3, -0.25) is 4.79 Å². The molecule has 0 aliphatic carbocycles. The zero-order chi connectivity index (χ0) is 17.5. The van der Waals surface area contributed by atoms with Crippen molar-refractivity contribution in [2.24, 2.45) is 0 Å². The van der Waals surface area contributed by atoms with Crippen LogP contribution in [0.15, 0.2) is 22.5 Å². The van der Waals surface area contributed by atoms with Crippen molar-refractivity contribution >= 4 is 51.4 Å². The van der Waals surface area contributed by atoms with Crippen LogP contribution in [0.4, 0.5) is 10.8 Å². The molecule has 0 saturated heterocycles. The summed E-state index contributed by atoms with van der Waals surface area (Å²) >= 11 is 8.96. The van der Waals surface area contributed by atoms with Crippen molar-refractivity contribution in [1.82, 2.24) is 15.1 Å². The molecule has 2 aromatic rings. The molecule has 0 aliphatic heterocycles. The molecule has 0 bridgehead atoms. The van der Waals surface area contributed by atoms with Gasteiger partial charge in [0.25, 0.3) is 0 Å². The maximum atomic E-state index is 12.0. The molecule has 24 heavy (non-hydrogen) atoms. The molecular weight excluding hydrogens is 364 g/mol. The third-order valence-corrected chi connectivity index (χ3v) is 5.87. The molecule has 8 heteroatoms. The predicted octanol–water partition coefficient (Wildman–Crippen LogP) is 4.59. The van der Waals surface area contributed by atoms with E-state index in [0.717, 1.165) is 35.0 Å². The fraction of sp³-hybridized carbons (Fsp3) is 0.438. The number of carbonyl (C=O) groups excluding carboxylic acids is 1. The molecule has 1 amide bonds. The van der Waals surface area contributed by atoms with E-state index in [-0.39, 0.29) is 5.91 Å². The number of carbonyl (C=O) groups is 1. The number of hydrogen-bond acceptors (Lipinski definition) is 6. The van der Waals surface area contributed by atoms with Crippen molar-refractivity contribution < 1.29 is 4.79 Å². The normalized spacial score (nSPS) is 10.7. The monoisotopic (exact) mass is 384 g/mol. The minimum absolute atomic E-state index is 0.115. The quantitative estimate of drug-likeness (QED) is 0.674. The van der Waals surface area contributed by atoms with Gasteiger partial charge < -0.3 is 10.2 Å². The smallest absolute Gasteiger partial charge is 0.232 e. The summed E-state index contributed by atoms with van der Waals surface area (Å²) in [5, 5.41) is 12.9. The number of thioether (sulfide) groups is 1. The fourth-order valence-corrected chi connectivity index (χ4v) is 3.81. The Kier molecular flexibility index (Phi) is 7.33. The zero-order valence-electron chi connectivity index (χ0n) is 14.0. The SMILES string of the molecule is CCCCN(C)C(=O)CSc1nnc(Nc2cccc(Cl)c2C)s1. The number of hydrogen-bond donors (Lipinski definition) is 1. The van der Waals surface area contributed by atoms with Crippen LogP contribution < -0.4 is 5.32 Å². The third-order valence-electron chi connectivity index (χ3n) is 3.51. The molecular formula is C16H21ClN4OS2. The van der Waals surface area contributed by atoms with Gasteiger partial charge in [0.15, 0.2) is 4.34 Å². The molecule has 1 heterocycles. The molecule has 1 N–H and O–H groups in total. The molecule has 5 nitrogen and oxygen atoms in total. The standard InChI is InChI=1S/C16H21ClN4OS2/c1-4-5-9-21(3)14(22)10-23-16-20-19-15(24-16)18-13-8-6-7-12(17)11(13)2/h6-8H,4-5,9-10H2,1-3H3,(H,18,19). The fourth-order valence-electron chi connectivity index (χ4n) is 1.93. The minimum atomic E-state index is 0.115. The van der Waals surface area contributed by atoms with Crippen molar-refractivity contribution in [3.05, 3.63) is 28.8 Å². The van der Waals surface area contributed by atoms with Crippen LogP contribution in [-0.2, 0) is 4.79 Å². The van der Waals surface area contributed by atoms with Crippen LogP contribution >= 0.6 is 34.7 Å². The first-order valence-electron chi connectivity index (χ1n) is 7.73. The lowest BCUT2D eigenvalue weighted by atomic mass is 10.2. The number of benzene rings is 1. The Balaban J connectivity index is 1.89. The summed E-state index contributed by atoms with van der Waals surface area (Å²) in [7, 11) is 1.84. The Hall–Kier alpha value is -1.31. The van der Waals surface area contributed by atoms with Crippen LogP contribution in [0.25, 0.3) is 0 Å². The van der Waals surface area contributed by atoms with E-state index in [9.17, 15) is 4.79 Å². The van der Waals surface area contributed by atoms with Crippen molar-refractivity contribution in [2.45, 2.75) is 31.0 Å². The summed E-state index contributed by atoms with van der Waals surface area (Å²) in [6.07, 6.45) is 2.11. The molecule has 130 valence electrons. The van der Waals surface area contributed by atoms with Gasteiger partial charge in [0.05, 0.1) is 5.75 Å². The number of halogens is 1. The first-order chi connectivity index (χ1) is 11.5. The van der Waals surface area contributed by atoms with Crippen molar-refractivity contribution in [1.29, 1.82) is 0 Å². The van der Waals surface area contributed by atoms with Gasteiger partial charge in [-0.1, -0.05) is 54.1 Å². The first kappa shape index (κ1) is 19.0. The Bertz CT molecular complexity index is 692. The van der Waals surface area contributed by atoms with E-state index in [1.54, 1.807) is 4.90 Å². The van der Waals surface area contributed by atoms with Crippen LogP contribution in [0.2, 0.25) is 5.02 Å². The highest BCUT2D eigenvalue weighted by Gasteiger charge is 2.12. The molecule has 0 atom stereocenters. The van der Waals surface area contributed by atoms with Gasteiger partial charge in [-0.2, -0.15) is 0 Å². The number of amides is 1. The van der Waals surface area contributed by atoms with Gasteiger partial charge in [0.2, 0.25) is 11.0 Å². The highest BCUT2D eigenvalue weighted by Crippen LogP contribution is 2.30. The maximum Gasteiger partial charge on any atom is 0.232 e. The maximum absolute atomic E-state index is 12.0. The van der Waals surface area contributed by atoms with E-state index in [0.29, 0.717) is 15.9 Å². The highest BCUT2D eigenvalue weighted by atomic mass is 35.5. The summed E-state index contributed by atoms with van der Waals surface area (Å²) in [6, 6.07) is 5.69. The lowest BCUT2D eigenvalue weighted by Crippen LogP contribution is -2.29. The van der Waals surface area contributed by atoms with Gasteiger partial charge in [0.1, 0.15) is 0 Å². The highest BCUT2D eigenvalue weighted by molar-refractivity contribution is 8.01. The molecule has 0 radical (unpaired) electrons. The second-order valence-electron chi connectivity index (χ2n) is 5.37. The van der Waals surface area contributed by atoms with Crippen molar-refractivity contribution in [3.63, 3.8) is 0 Å². The molecule has 2 rings (SSSR count). The minimum Gasteiger partial charge on any atom is -0.345 e. The summed E-state index contributed by atoms with van der Waals surface area (Å²) in [4.78, 5) is 13.8. The second-order valence-corrected chi connectivity index (χ2v) is 7.98. The summed E-state index contributed by atoms with van der Waals surface area (Å²) < 4.78 is 0.773. The number of anilines is 2. The molecule has 0 spiro atoms. The average Bonchev–Trinajstić information content (AvgIpc) is 3.02. The van der Waals surface area contributed by atoms with Gasteiger partial charge >= 0.3 is 0 Å². The average molecular weight is 385 g/mol. The number of nitrogens with one attached hydrogen (secondary N) is 1. The third kappa shape index (κ3) is 5.36. The van der Waals surface area contributed by atoms with Crippen LogP contribution in [0.1, 0.15) is 25.3 Å². The Morgan fingerprint density at radius 2 is 2.21 bits per heavy atom. The summed E-state index contributed by atoms with van der Waals surface area (Å²) in [5.41, 5.74) is 1.88. The lowest BCUT2D eigenvalue weighted by Gasteiger charge is -2.15. The largest absolute Gasteiger partial charge is 0.345 e. The number of aromatic nitrogens is 2. The Morgan fingerprint density at radius 1 is 1.42 bits per heavy atom. The van der Waals surface area contributed by atoms with Crippen LogP contribution in [-0.4, -0.2) is 40.3 Å². The lowest BCUT2D eigenvalue weighted by molar-refractivity contribution is -0.127. The van der Waals surface area contributed by atoms with Crippen molar-refractivity contribution in [2.75, 3.05) is 24.7 Å². The van der Waals surface area contributed by atoms with Gasteiger partial charge in [-0.05, 0) is 31.0 Å². The Labute approximate surface area is 155 Å². The molecule has 1 aromatic heterocycles. The van der Waals surface area contributed by atoms with Crippen LogP contribution in [0.5, 0.6) is 0 Å². The van der Waals surface area contributed by atoms with E-state index in [1.807, 2.05) is 32.2 Å². The molecule has 0 unspecified atom stereocenters. The van der Waals surface area contributed by atoms with Gasteiger partial charge in [0, 0.05) is 24.3 Å².